The highest BCUT2D eigenvalue weighted by atomic mass is 16.5. The fraction of sp³-hybridized carbons (Fsp3) is 0.182. The highest BCUT2D eigenvalue weighted by Gasteiger charge is 2.20. The molecule has 8 heteroatoms. The maximum atomic E-state index is 12.0. The Morgan fingerprint density at radius 2 is 2.03 bits per heavy atom. The number of H-pyrrole nitrogens is 1. The van der Waals surface area contributed by atoms with Crippen LogP contribution in [0.3, 0.4) is 0 Å². The van der Waals surface area contributed by atoms with Gasteiger partial charge in [0.25, 0.3) is 5.91 Å². The Morgan fingerprint density at radius 1 is 1.23 bits per heavy atom. The van der Waals surface area contributed by atoms with Gasteiger partial charge in [0.1, 0.15) is 11.6 Å². The predicted octanol–water partition coefficient (Wildman–Crippen LogP) is 2.76. The predicted molar refractivity (Wildman–Crippen MR) is 114 cm³/mol. The number of benzene rings is 1. The number of nitrogens with zero attached hydrogens (tertiary/aromatic N) is 3. The van der Waals surface area contributed by atoms with Crippen LogP contribution in [0.15, 0.2) is 53.8 Å². The van der Waals surface area contributed by atoms with Gasteiger partial charge in [-0.05, 0) is 48.0 Å². The summed E-state index contributed by atoms with van der Waals surface area (Å²) in [6, 6.07) is 12.7. The molecule has 152 valence electrons. The number of ether oxygens (including phenoxy) is 1. The van der Waals surface area contributed by atoms with Crippen LogP contribution in [0.5, 0.6) is 5.75 Å². The molecular weight excluding hydrogens is 382 g/mol. The zero-order valence-corrected chi connectivity index (χ0v) is 16.7. The van der Waals surface area contributed by atoms with Crippen LogP contribution in [-0.4, -0.2) is 41.7 Å². The van der Waals surface area contributed by atoms with Crippen LogP contribution >= 0.6 is 0 Å². The number of carbonyl (C=O) groups is 2. The van der Waals surface area contributed by atoms with Crippen molar-refractivity contribution in [2.45, 2.75) is 13.3 Å². The molecule has 3 heterocycles. The summed E-state index contributed by atoms with van der Waals surface area (Å²) in [4.78, 5) is 30.7. The Hall–Kier alpha value is -3.94. The number of fused-ring (bicyclic) bond motifs is 1. The molecule has 2 N–H and O–H groups in total. The summed E-state index contributed by atoms with van der Waals surface area (Å²) in [5.41, 5.74) is 4.31. The van der Waals surface area contributed by atoms with Gasteiger partial charge in [-0.2, -0.15) is 5.10 Å². The van der Waals surface area contributed by atoms with E-state index in [0.29, 0.717) is 23.7 Å². The number of hydrazone groups is 1. The first-order valence-corrected chi connectivity index (χ1v) is 9.52. The Morgan fingerprint density at radius 3 is 2.77 bits per heavy atom. The van der Waals surface area contributed by atoms with Crippen LogP contribution in [0, 0.1) is 0 Å². The average Bonchev–Trinajstić information content (AvgIpc) is 3.19. The Bertz CT molecular complexity index is 1120. The minimum atomic E-state index is -0.356. The third-order valence-corrected chi connectivity index (χ3v) is 4.71. The van der Waals surface area contributed by atoms with Crippen molar-refractivity contribution >= 4 is 23.9 Å². The molecule has 0 unspecified atom stereocenters. The maximum absolute atomic E-state index is 12.0. The zero-order valence-electron chi connectivity index (χ0n) is 16.7. The number of rotatable bonds is 5. The highest BCUT2D eigenvalue weighted by Crippen LogP contribution is 2.26. The number of hydrogen-bond acceptors (Lipinski definition) is 6. The van der Waals surface area contributed by atoms with Crippen LogP contribution in [0.2, 0.25) is 0 Å². The molecule has 0 radical (unpaired) electrons. The van der Waals surface area contributed by atoms with Crippen molar-refractivity contribution in [2.75, 3.05) is 18.6 Å². The van der Waals surface area contributed by atoms with Gasteiger partial charge in [0.05, 0.1) is 11.8 Å². The van der Waals surface area contributed by atoms with E-state index in [1.54, 1.807) is 29.6 Å². The van der Waals surface area contributed by atoms with Crippen LogP contribution in [-0.2, 0) is 11.2 Å². The lowest BCUT2D eigenvalue weighted by Gasteiger charge is -2.12. The standard InChI is InChI=1S/C22H21N5O3/c1-14(28)30-17-5-3-15(4-6-17)13-25-27(2)21-11-16(7-9-23-21)20-12-18-19(26-20)8-10-24-22(18)29/h3-7,9,11-13,26H,8,10H2,1-2H3,(H,24,29)/b25-13+. The first kappa shape index (κ1) is 19.4. The molecule has 0 spiro atoms. The first-order chi connectivity index (χ1) is 14.5. The Labute approximate surface area is 173 Å². The van der Waals surface area contributed by atoms with Crippen molar-refractivity contribution < 1.29 is 14.3 Å². The highest BCUT2D eigenvalue weighted by molar-refractivity contribution is 5.97. The van der Waals surface area contributed by atoms with E-state index in [1.807, 2.05) is 37.4 Å². The summed E-state index contributed by atoms with van der Waals surface area (Å²) in [6.45, 7) is 2.01. The number of aromatic amines is 1. The molecule has 30 heavy (non-hydrogen) atoms. The summed E-state index contributed by atoms with van der Waals surface area (Å²) >= 11 is 0. The van der Waals surface area contributed by atoms with Crippen LogP contribution < -0.4 is 15.1 Å². The summed E-state index contributed by atoms with van der Waals surface area (Å²) in [6.07, 6.45) is 4.20. The number of esters is 1. The van der Waals surface area contributed by atoms with Gasteiger partial charge in [-0.15, -0.1) is 0 Å². The molecule has 4 rings (SSSR count). The molecule has 0 aliphatic carbocycles. The van der Waals surface area contributed by atoms with Crippen molar-refractivity contribution in [2.24, 2.45) is 5.10 Å². The monoisotopic (exact) mass is 403 g/mol. The number of anilines is 1. The number of carbonyl (C=O) groups excluding carboxylic acids is 2. The van der Waals surface area contributed by atoms with Crippen LogP contribution in [0.1, 0.15) is 28.5 Å². The van der Waals surface area contributed by atoms with Gasteiger partial charge in [0.15, 0.2) is 0 Å². The fourth-order valence-corrected chi connectivity index (χ4v) is 3.21. The number of hydrogen-bond donors (Lipinski definition) is 2. The van der Waals surface area contributed by atoms with E-state index in [4.69, 9.17) is 4.74 Å². The second-order valence-corrected chi connectivity index (χ2v) is 6.91. The third-order valence-electron chi connectivity index (χ3n) is 4.71. The lowest BCUT2D eigenvalue weighted by Crippen LogP contribution is -2.31. The van der Waals surface area contributed by atoms with E-state index in [-0.39, 0.29) is 11.9 Å². The molecule has 8 nitrogen and oxygen atoms in total. The lowest BCUT2D eigenvalue weighted by atomic mass is 10.1. The Balaban J connectivity index is 1.50. The number of aromatic nitrogens is 2. The van der Waals surface area contributed by atoms with Crippen molar-refractivity contribution in [1.82, 2.24) is 15.3 Å². The average molecular weight is 403 g/mol. The van der Waals surface area contributed by atoms with Crippen molar-refractivity contribution in [3.63, 3.8) is 0 Å². The van der Waals surface area contributed by atoms with Gasteiger partial charge in [-0.3, -0.25) is 14.6 Å². The second kappa shape index (κ2) is 8.20. The molecule has 1 aliphatic heterocycles. The molecule has 0 bridgehead atoms. The summed E-state index contributed by atoms with van der Waals surface area (Å²) in [7, 11) is 1.81. The van der Waals surface area contributed by atoms with E-state index >= 15 is 0 Å². The van der Waals surface area contributed by atoms with Gasteiger partial charge in [0.2, 0.25) is 0 Å². The van der Waals surface area contributed by atoms with E-state index in [0.717, 1.165) is 28.9 Å². The summed E-state index contributed by atoms with van der Waals surface area (Å²) in [5, 5.41) is 8.95. The molecule has 1 aliphatic rings. The SMILES string of the molecule is CC(=O)Oc1ccc(/C=N/N(C)c2cc(-c3cc4c([nH]3)CCNC4=O)ccn2)cc1. The maximum Gasteiger partial charge on any atom is 0.308 e. The van der Waals surface area contributed by atoms with Crippen LogP contribution in [0.25, 0.3) is 11.3 Å². The van der Waals surface area contributed by atoms with Gasteiger partial charge in [-0.1, -0.05) is 0 Å². The quantitative estimate of drug-likeness (QED) is 0.295. The molecule has 3 aromatic rings. The van der Waals surface area contributed by atoms with Crippen molar-refractivity contribution in [1.29, 1.82) is 0 Å². The van der Waals surface area contributed by atoms with Gasteiger partial charge < -0.3 is 15.0 Å². The minimum absolute atomic E-state index is 0.0468. The van der Waals surface area contributed by atoms with Gasteiger partial charge >= 0.3 is 5.97 Å². The van der Waals surface area contributed by atoms with Crippen LogP contribution in [0.4, 0.5) is 5.82 Å². The molecule has 0 fully saturated rings. The van der Waals surface area contributed by atoms with E-state index in [9.17, 15) is 9.59 Å². The minimum Gasteiger partial charge on any atom is -0.427 e. The zero-order chi connectivity index (χ0) is 21.1. The van der Waals surface area contributed by atoms with Gasteiger partial charge in [0, 0.05) is 50.1 Å². The third kappa shape index (κ3) is 4.22. The topological polar surface area (TPSA) is 99.7 Å². The molecule has 0 saturated heterocycles. The normalized spacial score (nSPS) is 13.1. The van der Waals surface area contributed by atoms with Crippen molar-refractivity contribution in [3.8, 4) is 17.0 Å². The molecule has 0 saturated carbocycles. The number of amides is 1. The molecule has 0 atom stereocenters. The number of nitrogens with one attached hydrogen (secondary N) is 2. The molecule has 2 aromatic heterocycles. The smallest absolute Gasteiger partial charge is 0.308 e. The lowest BCUT2D eigenvalue weighted by molar-refractivity contribution is -0.131. The van der Waals surface area contributed by atoms with E-state index < -0.39 is 0 Å². The Kier molecular flexibility index (Phi) is 5.30. The fourth-order valence-electron chi connectivity index (χ4n) is 3.21. The van der Waals surface area contributed by atoms with Crippen molar-refractivity contribution in [3.05, 3.63) is 65.5 Å². The summed E-state index contributed by atoms with van der Waals surface area (Å²) < 4.78 is 5.02. The molecule has 1 aromatic carbocycles. The second-order valence-electron chi connectivity index (χ2n) is 6.91. The summed E-state index contributed by atoms with van der Waals surface area (Å²) in [5.74, 6) is 0.752. The first-order valence-electron chi connectivity index (χ1n) is 9.52. The number of pyridine rings is 1. The van der Waals surface area contributed by atoms with E-state index in [1.165, 1.54) is 6.92 Å². The molecule has 1 amide bonds. The molecular formula is C22H21N5O3. The van der Waals surface area contributed by atoms with Gasteiger partial charge in [-0.25, -0.2) is 4.98 Å². The van der Waals surface area contributed by atoms with E-state index in [2.05, 4.69) is 20.4 Å². The largest absolute Gasteiger partial charge is 0.427 e.